The number of fused-ring (bicyclic) bond motifs is 1. The van der Waals surface area contributed by atoms with Gasteiger partial charge in [0.2, 0.25) is 0 Å². The number of ether oxygens (including phenoxy) is 1. The Morgan fingerprint density at radius 3 is 2.84 bits per heavy atom. The molecule has 0 atom stereocenters. The lowest BCUT2D eigenvalue weighted by Crippen LogP contribution is -2.43. The predicted octanol–water partition coefficient (Wildman–Crippen LogP) is 1.96. The number of nitrogens with one attached hydrogen (secondary N) is 1. The van der Waals surface area contributed by atoms with Gasteiger partial charge in [0.1, 0.15) is 5.75 Å². The maximum atomic E-state index is 5.51. The number of nitrogens with zero attached hydrogens (tertiary/aromatic N) is 2. The Bertz CT molecular complexity index is 591. The number of hydrogen-bond donors (Lipinski definition) is 1. The topological polar surface area (TPSA) is 37.4 Å². The van der Waals surface area contributed by atoms with Gasteiger partial charge < -0.3 is 15.0 Å². The highest BCUT2D eigenvalue weighted by Gasteiger charge is 2.17. The van der Waals surface area contributed by atoms with Gasteiger partial charge in [-0.2, -0.15) is 0 Å². The summed E-state index contributed by atoms with van der Waals surface area (Å²) in [5, 5.41) is 4.56. The summed E-state index contributed by atoms with van der Waals surface area (Å²) in [6, 6.07) is 6.22. The highest BCUT2D eigenvalue weighted by Crippen LogP contribution is 2.34. The van der Waals surface area contributed by atoms with Crippen molar-refractivity contribution in [1.29, 1.82) is 0 Å². The third kappa shape index (κ3) is 2.12. The Balaban J connectivity index is 2.19. The average molecular weight is 257 g/mol. The van der Waals surface area contributed by atoms with Gasteiger partial charge in [0.05, 0.1) is 18.3 Å². The van der Waals surface area contributed by atoms with E-state index in [-0.39, 0.29) is 0 Å². The van der Waals surface area contributed by atoms with Crippen molar-refractivity contribution in [2.75, 3.05) is 38.2 Å². The molecule has 1 N–H and O–H groups in total. The van der Waals surface area contributed by atoms with Crippen LogP contribution in [-0.4, -0.2) is 38.3 Å². The molecule has 0 bridgehead atoms. The summed E-state index contributed by atoms with van der Waals surface area (Å²) in [4.78, 5) is 6.96. The second kappa shape index (κ2) is 5.05. The number of aromatic nitrogens is 1. The summed E-state index contributed by atoms with van der Waals surface area (Å²) < 4.78 is 5.51. The molecule has 3 rings (SSSR count). The minimum Gasteiger partial charge on any atom is -0.496 e. The van der Waals surface area contributed by atoms with Crippen LogP contribution in [0.4, 0.5) is 5.69 Å². The van der Waals surface area contributed by atoms with Gasteiger partial charge in [-0.15, -0.1) is 0 Å². The molecule has 4 nitrogen and oxygen atoms in total. The number of benzene rings is 1. The van der Waals surface area contributed by atoms with Crippen molar-refractivity contribution in [2.45, 2.75) is 6.92 Å². The quantitative estimate of drug-likeness (QED) is 0.892. The zero-order chi connectivity index (χ0) is 13.2. The Morgan fingerprint density at radius 2 is 2.11 bits per heavy atom. The van der Waals surface area contributed by atoms with Gasteiger partial charge in [-0.3, -0.25) is 4.98 Å². The monoisotopic (exact) mass is 257 g/mol. The standard InChI is InChI=1S/C15H19N3O/c1-11-12-4-3-5-17-15(12)13(10-14(11)19-2)18-8-6-16-7-9-18/h3-5,10,16H,6-9H2,1-2H3. The summed E-state index contributed by atoms with van der Waals surface area (Å²) >= 11 is 0. The SMILES string of the molecule is COc1cc(N2CCNCC2)c2ncccc2c1C. The van der Waals surface area contributed by atoms with Crippen LogP contribution in [0.25, 0.3) is 10.9 Å². The van der Waals surface area contributed by atoms with Crippen molar-refractivity contribution in [3.8, 4) is 5.75 Å². The Kier molecular flexibility index (Phi) is 3.25. The van der Waals surface area contributed by atoms with E-state index in [1.54, 1.807) is 7.11 Å². The van der Waals surface area contributed by atoms with Gasteiger partial charge in [0, 0.05) is 49.4 Å². The molecule has 100 valence electrons. The van der Waals surface area contributed by atoms with Crippen LogP contribution in [0.1, 0.15) is 5.56 Å². The minimum atomic E-state index is 0.939. The largest absolute Gasteiger partial charge is 0.496 e. The molecule has 0 aliphatic carbocycles. The fourth-order valence-corrected chi connectivity index (χ4v) is 2.70. The van der Waals surface area contributed by atoms with E-state index < -0.39 is 0 Å². The normalized spacial score (nSPS) is 15.8. The molecule has 19 heavy (non-hydrogen) atoms. The molecule has 1 aliphatic rings. The maximum Gasteiger partial charge on any atom is 0.124 e. The molecule has 0 amide bonds. The molecule has 1 aromatic carbocycles. The molecule has 4 heteroatoms. The first-order valence-electron chi connectivity index (χ1n) is 6.69. The van der Waals surface area contributed by atoms with Gasteiger partial charge in [-0.25, -0.2) is 0 Å². The Hall–Kier alpha value is -1.81. The Morgan fingerprint density at radius 1 is 1.32 bits per heavy atom. The minimum absolute atomic E-state index is 0.939. The Labute approximate surface area is 113 Å². The molecule has 0 spiro atoms. The molecule has 2 heterocycles. The lowest BCUT2D eigenvalue weighted by atomic mass is 10.1. The third-order valence-corrected chi connectivity index (χ3v) is 3.77. The number of rotatable bonds is 2. The van der Waals surface area contributed by atoms with E-state index in [9.17, 15) is 0 Å². The van der Waals surface area contributed by atoms with Crippen LogP contribution in [0, 0.1) is 6.92 Å². The number of pyridine rings is 1. The summed E-state index contributed by atoms with van der Waals surface area (Å²) in [6.45, 7) is 6.15. The van der Waals surface area contributed by atoms with Crippen molar-refractivity contribution in [3.63, 3.8) is 0 Å². The number of piperazine rings is 1. The van der Waals surface area contributed by atoms with Gasteiger partial charge in [0.15, 0.2) is 0 Å². The zero-order valence-electron chi connectivity index (χ0n) is 11.4. The van der Waals surface area contributed by atoms with E-state index in [0.29, 0.717) is 0 Å². The fourth-order valence-electron chi connectivity index (χ4n) is 2.70. The van der Waals surface area contributed by atoms with E-state index in [4.69, 9.17) is 4.74 Å². The van der Waals surface area contributed by atoms with Crippen LogP contribution in [0.2, 0.25) is 0 Å². The number of hydrogen-bond acceptors (Lipinski definition) is 4. The van der Waals surface area contributed by atoms with Crippen molar-refractivity contribution >= 4 is 16.6 Å². The predicted molar refractivity (Wildman–Crippen MR) is 78.1 cm³/mol. The number of methoxy groups -OCH3 is 1. The van der Waals surface area contributed by atoms with Crippen molar-refractivity contribution in [1.82, 2.24) is 10.3 Å². The molecular formula is C15H19N3O. The molecule has 1 aromatic heterocycles. The van der Waals surface area contributed by atoms with E-state index in [0.717, 1.165) is 43.0 Å². The summed E-state index contributed by atoms with van der Waals surface area (Å²) in [7, 11) is 1.73. The first kappa shape index (κ1) is 12.2. The lowest BCUT2D eigenvalue weighted by molar-refractivity contribution is 0.412. The van der Waals surface area contributed by atoms with Gasteiger partial charge in [-0.05, 0) is 13.0 Å². The van der Waals surface area contributed by atoms with Crippen LogP contribution in [0.5, 0.6) is 5.75 Å². The maximum absolute atomic E-state index is 5.51. The van der Waals surface area contributed by atoms with E-state index >= 15 is 0 Å². The molecule has 1 fully saturated rings. The molecule has 0 unspecified atom stereocenters. The molecule has 1 saturated heterocycles. The smallest absolute Gasteiger partial charge is 0.124 e. The molecule has 0 radical (unpaired) electrons. The van der Waals surface area contributed by atoms with Gasteiger partial charge >= 0.3 is 0 Å². The summed E-state index contributed by atoms with van der Waals surface area (Å²) in [5.74, 6) is 0.939. The van der Waals surface area contributed by atoms with Gasteiger partial charge in [-0.1, -0.05) is 6.07 Å². The molecule has 1 aliphatic heterocycles. The number of aryl methyl sites for hydroxylation is 1. The van der Waals surface area contributed by atoms with Crippen molar-refractivity contribution < 1.29 is 4.74 Å². The molecule has 0 saturated carbocycles. The van der Waals surface area contributed by atoms with Crippen LogP contribution in [0.15, 0.2) is 24.4 Å². The van der Waals surface area contributed by atoms with Crippen molar-refractivity contribution in [3.05, 3.63) is 30.0 Å². The first-order valence-corrected chi connectivity index (χ1v) is 6.69. The average Bonchev–Trinajstić information content (AvgIpc) is 2.49. The summed E-state index contributed by atoms with van der Waals surface area (Å²) in [6.07, 6.45) is 1.86. The van der Waals surface area contributed by atoms with Crippen LogP contribution in [-0.2, 0) is 0 Å². The molecular weight excluding hydrogens is 238 g/mol. The fraction of sp³-hybridized carbons (Fsp3) is 0.400. The van der Waals surface area contributed by atoms with Gasteiger partial charge in [0.25, 0.3) is 0 Å². The second-order valence-corrected chi connectivity index (χ2v) is 4.86. The third-order valence-electron chi connectivity index (χ3n) is 3.77. The lowest BCUT2D eigenvalue weighted by Gasteiger charge is -2.30. The van der Waals surface area contributed by atoms with Crippen molar-refractivity contribution in [2.24, 2.45) is 0 Å². The summed E-state index contributed by atoms with van der Waals surface area (Å²) in [5.41, 5.74) is 3.41. The van der Waals surface area contributed by atoms with Crippen LogP contribution < -0.4 is 15.0 Å². The van der Waals surface area contributed by atoms with Crippen LogP contribution in [0.3, 0.4) is 0 Å². The highest BCUT2D eigenvalue weighted by atomic mass is 16.5. The highest BCUT2D eigenvalue weighted by molar-refractivity contribution is 5.95. The van der Waals surface area contributed by atoms with Crippen LogP contribution >= 0.6 is 0 Å². The molecule has 2 aromatic rings. The first-order chi connectivity index (χ1) is 9.31. The second-order valence-electron chi connectivity index (χ2n) is 4.86. The van der Waals surface area contributed by atoms with E-state index in [1.165, 1.54) is 11.1 Å². The van der Waals surface area contributed by atoms with E-state index in [1.807, 2.05) is 12.3 Å². The van der Waals surface area contributed by atoms with E-state index in [2.05, 4.69) is 34.3 Å². The number of anilines is 1. The zero-order valence-corrected chi connectivity index (χ0v) is 11.4.